The highest BCUT2D eigenvalue weighted by atomic mass is 15.0. The van der Waals surface area contributed by atoms with E-state index in [-0.39, 0.29) is 0 Å². The Morgan fingerprint density at radius 3 is 1.00 bits per heavy atom. The molecule has 0 aliphatic carbocycles. The van der Waals surface area contributed by atoms with Gasteiger partial charge in [-0.15, -0.1) is 0 Å². The van der Waals surface area contributed by atoms with Crippen molar-refractivity contribution in [1.82, 2.24) is 4.90 Å². The van der Waals surface area contributed by atoms with Gasteiger partial charge < -0.3 is 0 Å². The monoisotopic (exact) mass is 56.1 g/mol. The Balaban J connectivity index is 2.32. The van der Waals surface area contributed by atoms with Crippen LogP contribution in [0.4, 0.5) is 0 Å². The van der Waals surface area contributed by atoms with Crippen molar-refractivity contribution in [3.63, 3.8) is 0 Å². The minimum atomic E-state index is 1.25. The van der Waals surface area contributed by atoms with Gasteiger partial charge in [-0.25, -0.2) is 0 Å². The molecule has 0 aromatic heterocycles. The Morgan fingerprint density at radius 1 is 1.00 bits per heavy atom. The molecule has 4 heavy (non-hydrogen) atoms. The lowest BCUT2D eigenvalue weighted by atomic mass is 11.0. The minimum Gasteiger partial charge on any atom is -0.300 e. The average molecular weight is 56.1 g/mol. The number of hydrogen-bond donors (Lipinski definition) is 0. The molecule has 0 heterocycles. The second-order valence-electron chi connectivity index (χ2n) is 0.671. The molecule has 3 radical (unpaired) electrons. The molecule has 0 aliphatic heterocycles. The van der Waals surface area contributed by atoms with Crippen molar-refractivity contribution in [3.05, 3.63) is 21.1 Å². The normalized spacial score (nSPS) is 9.00. The molecule has 0 spiro atoms. The van der Waals surface area contributed by atoms with Crippen LogP contribution in [0, 0.1) is 21.1 Å². The molecule has 1 heteroatoms. The third kappa shape index (κ3) is 1130. The van der Waals surface area contributed by atoms with Crippen LogP contribution in [0.2, 0.25) is 0 Å². The first-order valence-electron chi connectivity index (χ1n) is 0.949. The Morgan fingerprint density at radius 2 is 1.00 bits per heavy atom. The SMILES string of the molecule is [CH2]N([CH2])[CH2]. The van der Waals surface area contributed by atoms with E-state index in [0.717, 1.165) is 0 Å². The molecule has 0 amide bonds. The summed E-state index contributed by atoms with van der Waals surface area (Å²) in [5.74, 6) is 0. The highest BCUT2D eigenvalue weighted by Gasteiger charge is 1.60. The van der Waals surface area contributed by atoms with E-state index in [9.17, 15) is 0 Å². The average Bonchev–Trinajstić information content (AvgIpc) is 0.811. The summed E-state index contributed by atoms with van der Waals surface area (Å²) < 4.78 is 0. The van der Waals surface area contributed by atoms with Crippen LogP contribution >= 0.6 is 0 Å². The first kappa shape index (κ1) is 3.96. The molecular weight excluding hydrogens is 50.0 g/mol. The van der Waals surface area contributed by atoms with Crippen LogP contribution in [0.3, 0.4) is 0 Å². The van der Waals surface area contributed by atoms with Crippen molar-refractivity contribution in [2.24, 2.45) is 0 Å². The quantitative estimate of drug-likeness (QED) is 0.394. The van der Waals surface area contributed by atoms with Gasteiger partial charge in [-0.2, -0.15) is 0 Å². The maximum atomic E-state index is 3.25. The van der Waals surface area contributed by atoms with Gasteiger partial charge in [0.05, 0.1) is 0 Å². The van der Waals surface area contributed by atoms with Crippen LogP contribution in [0.5, 0.6) is 0 Å². The van der Waals surface area contributed by atoms with Gasteiger partial charge in [0.25, 0.3) is 0 Å². The summed E-state index contributed by atoms with van der Waals surface area (Å²) >= 11 is 0. The highest BCUT2D eigenvalue weighted by molar-refractivity contribution is 4.41. The maximum Gasteiger partial charge on any atom is 0.0110 e. The molecule has 0 N–H and O–H groups in total. The van der Waals surface area contributed by atoms with Crippen molar-refractivity contribution in [2.75, 3.05) is 0 Å². The lowest BCUT2D eigenvalue weighted by Crippen LogP contribution is -1.86. The summed E-state index contributed by atoms with van der Waals surface area (Å²) in [4.78, 5) is 1.25. The van der Waals surface area contributed by atoms with Gasteiger partial charge in [0.15, 0.2) is 0 Å². The summed E-state index contributed by atoms with van der Waals surface area (Å²) in [6.45, 7) is 0. The number of hydrogen-bond acceptors (Lipinski definition) is 1. The first-order chi connectivity index (χ1) is 1.73. The predicted octanol–water partition coefficient (Wildman–Crippen LogP) is 0.663. The van der Waals surface area contributed by atoms with E-state index in [0.29, 0.717) is 0 Å². The molecule has 0 unspecified atom stereocenters. The third-order valence-electron chi connectivity index (χ3n) is 0. The summed E-state index contributed by atoms with van der Waals surface area (Å²) in [5, 5.41) is 0. The summed E-state index contributed by atoms with van der Waals surface area (Å²) in [5.41, 5.74) is 0. The zero-order valence-electron chi connectivity index (χ0n) is 2.57. The van der Waals surface area contributed by atoms with Crippen molar-refractivity contribution < 1.29 is 0 Å². The van der Waals surface area contributed by atoms with Crippen molar-refractivity contribution >= 4 is 0 Å². The second kappa shape index (κ2) is 1.30. The Kier molecular flexibility index (Phi) is 1.28. The number of rotatable bonds is 0. The van der Waals surface area contributed by atoms with E-state index >= 15 is 0 Å². The van der Waals surface area contributed by atoms with Gasteiger partial charge >= 0.3 is 0 Å². The Hall–Kier alpha value is -0.0400. The fourth-order valence-corrected chi connectivity index (χ4v) is 0. The molecule has 0 atom stereocenters. The number of nitrogens with zero attached hydrogens (tertiary/aromatic N) is 1. The predicted molar refractivity (Wildman–Crippen MR) is 17.9 cm³/mol. The van der Waals surface area contributed by atoms with E-state index in [1.165, 1.54) is 4.90 Å². The van der Waals surface area contributed by atoms with Crippen LogP contribution < -0.4 is 0 Å². The molecule has 0 saturated heterocycles. The third-order valence-corrected chi connectivity index (χ3v) is 0. The van der Waals surface area contributed by atoms with Gasteiger partial charge in [0.2, 0.25) is 0 Å². The zero-order chi connectivity index (χ0) is 3.58. The van der Waals surface area contributed by atoms with Crippen LogP contribution in [0.25, 0.3) is 0 Å². The standard InChI is InChI=1S/C3H6N/c1-4(2)3/h1-3H2. The fourth-order valence-electron chi connectivity index (χ4n) is 0. The van der Waals surface area contributed by atoms with E-state index < -0.39 is 0 Å². The molecule has 0 bridgehead atoms. The van der Waals surface area contributed by atoms with Crippen LogP contribution in [0.15, 0.2) is 0 Å². The first-order valence-corrected chi connectivity index (χ1v) is 0.949. The fraction of sp³-hybridized carbons (Fsp3) is 0. The summed E-state index contributed by atoms with van der Waals surface area (Å²) in [6.07, 6.45) is 0. The molecule has 0 fully saturated rings. The van der Waals surface area contributed by atoms with Gasteiger partial charge in [0.1, 0.15) is 0 Å². The van der Waals surface area contributed by atoms with Gasteiger partial charge in [-0.1, -0.05) is 0 Å². The van der Waals surface area contributed by atoms with Crippen molar-refractivity contribution in [1.29, 1.82) is 0 Å². The molecule has 0 rings (SSSR count). The van der Waals surface area contributed by atoms with Crippen LogP contribution in [-0.2, 0) is 0 Å². The largest absolute Gasteiger partial charge is 0.300 e. The molecule has 0 aromatic rings. The molecule has 23 valence electrons. The van der Waals surface area contributed by atoms with Gasteiger partial charge in [-0.05, 0) is 0 Å². The molecular formula is C3H6N. The van der Waals surface area contributed by atoms with E-state index in [1.54, 1.807) is 0 Å². The van der Waals surface area contributed by atoms with Crippen molar-refractivity contribution in [2.45, 2.75) is 0 Å². The van der Waals surface area contributed by atoms with Crippen molar-refractivity contribution in [3.8, 4) is 0 Å². The van der Waals surface area contributed by atoms with E-state index in [4.69, 9.17) is 0 Å². The molecule has 0 aromatic carbocycles. The smallest absolute Gasteiger partial charge is 0.0110 e. The van der Waals surface area contributed by atoms with Crippen LogP contribution in [0.1, 0.15) is 0 Å². The minimum absolute atomic E-state index is 1.25. The van der Waals surface area contributed by atoms with Crippen LogP contribution in [-0.4, -0.2) is 4.90 Å². The lowest BCUT2D eigenvalue weighted by Gasteiger charge is -1.88. The molecule has 1 nitrogen and oxygen atoms in total. The van der Waals surface area contributed by atoms with E-state index in [2.05, 4.69) is 21.1 Å². The maximum absolute atomic E-state index is 3.25. The van der Waals surface area contributed by atoms with E-state index in [1.807, 2.05) is 0 Å². The Labute approximate surface area is 27.2 Å². The summed E-state index contributed by atoms with van der Waals surface area (Å²) in [7, 11) is 9.75. The molecule has 0 saturated carbocycles. The molecule has 0 aliphatic rings. The lowest BCUT2D eigenvalue weighted by molar-refractivity contribution is 0.673. The topological polar surface area (TPSA) is 3.24 Å². The summed E-state index contributed by atoms with van der Waals surface area (Å²) in [6, 6.07) is 0. The zero-order valence-corrected chi connectivity index (χ0v) is 2.57. The Bertz CT molecular complexity index is 8.00. The van der Waals surface area contributed by atoms with Gasteiger partial charge in [0, 0.05) is 21.1 Å². The van der Waals surface area contributed by atoms with Gasteiger partial charge in [-0.3, -0.25) is 4.90 Å². The second-order valence-corrected chi connectivity index (χ2v) is 0.671. The highest BCUT2D eigenvalue weighted by Crippen LogP contribution is 1.63.